The van der Waals surface area contributed by atoms with Gasteiger partial charge in [0.15, 0.2) is 5.13 Å². The Hall–Kier alpha value is -3.45. The van der Waals surface area contributed by atoms with Gasteiger partial charge in [0.05, 0.1) is 21.5 Å². The van der Waals surface area contributed by atoms with Gasteiger partial charge in [-0.25, -0.2) is 4.98 Å². The molecule has 0 spiro atoms. The number of amides is 2. The molecule has 2 amide bonds. The maximum atomic E-state index is 12.9. The van der Waals surface area contributed by atoms with Gasteiger partial charge in [-0.2, -0.15) is 0 Å². The summed E-state index contributed by atoms with van der Waals surface area (Å²) in [7, 11) is 1.92. The number of nitrogens with zero attached hydrogens (tertiary/aromatic N) is 2. The molecule has 0 saturated heterocycles. The number of fused-ring (bicyclic) bond motifs is 1. The van der Waals surface area contributed by atoms with Gasteiger partial charge in [0.2, 0.25) is 5.91 Å². The zero-order chi connectivity index (χ0) is 19.7. The van der Waals surface area contributed by atoms with Crippen molar-refractivity contribution in [2.75, 3.05) is 10.6 Å². The molecule has 2 heterocycles. The van der Waals surface area contributed by atoms with E-state index in [0.29, 0.717) is 16.4 Å². The number of thiazole rings is 1. The Labute approximate surface area is 165 Å². The van der Waals surface area contributed by atoms with Crippen molar-refractivity contribution in [3.63, 3.8) is 0 Å². The van der Waals surface area contributed by atoms with Gasteiger partial charge in [-0.15, -0.1) is 0 Å². The lowest BCUT2D eigenvalue weighted by Crippen LogP contribution is -2.12. The second-order valence-corrected chi connectivity index (χ2v) is 7.42. The largest absolute Gasteiger partial charge is 0.350 e. The van der Waals surface area contributed by atoms with E-state index in [1.165, 1.54) is 18.3 Å². The summed E-state index contributed by atoms with van der Waals surface area (Å²) in [6.07, 6.45) is 1.87. The van der Waals surface area contributed by atoms with Gasteiger partial charge >= 0.3 is 0 Å². The van der Waals surface area contributed by atoms with Crippen molar-refractivity contribution in [3.05, 3.63) is 66.4 Å². The van der Waals surface area contributed by atoms with Crippen molar-refractivity contribution < 1.29 is 9.59 Å². The third kappa shape index (κ3) is 3.52. The summed E-state index contributed by atoms with van der Waals surface area (Å²) in [4.78, 5) is 28.6. The molecule has 0 saturated carbocycles. The lowest BCUT2D eigenvalue weighted by Gasteiger charge is -2.07. The molecule has 4 aromatic rings. The lowest BCUT2D eigenvalue weighted by atomic mass is 10.1. The fourth-order valence-electron chi connectivity index (χ4n) is 3.09. The summed E-state index contributed by atoms with van der Waals surface area (Å²) in [5.74, 6) is -0.337. The number of hydrogen-bond donors (Lipinski definition) is 2. The van der Waals surface area contributed by atoms with E-state index >= 15 is 0 Å². The smallest absolute Gasteiger partial charge is 0.259 e. The second kappa shape index (κ2) is 7.28. The monoisotopic (exact) mass is 390 g/mol. The highest BCUT2D eigenvalue weighted by Crippen LogP contribution is 2.30. The summed E-state index contributed by atoms with van der Waals surface area (Å²) in [5.41, 5.74) is 3.89. The summed E-state index contributed by atoms with van der Waals surface area (Å²) >= 11 is 1.37. The maximum absolute atomic E-state index is 12.9. The number of rotatable bonds is 4. The first-order valence-corrected chi connectivity index (χ1v) is 9.53. The highest BCUT2D eigenvalue weighted by Gasteiger charge is 2.18. The SMILES string of the molecule is CC(=O)Nc1ccc2nc(NC(=O)c3ccn(C)c3-c3ccccc3)sc2c1. The first-order valence-electron chi connectivity index (χ1n) is 8.71. The van der Waals surface area contributed by atoms with Crippen LogP contribution in [-0.2, 0) is 11.8 Å². The van der Waals surface area contributed by atoms with E-state index in [9.17, 15) is 9.59 Å². The molecule has 140 valence electrons. The van der Waals surface area contributed by atoms with E-state index in [-0.39, 0.29) is 11.8 Å². The molecular formula is C21H18N4O2S. The third-order valence-electron chi connectivity index (χ3n) is 4.29. The van der Waals surface area contributed by atoms with Crippen molar-refractivity contribution in [1.82, 2.24) is 9.55 Å². The summed E-state index contributed by atoms with van der Waals surface area (Å²) < 4.78 is 2.82. The van der Waals surface area contributed by atoms with Crippen LogP contribution in [0.1, 0.15) is 17.3 Å². The van der Waals surface area contributed by atoms with Crippen LogP contribution in [0.15, 0.2) is 60.8 Å². The summed E-state index contributed by atoms with van der Waals surface area (Å²) in [6.45, 7) is 1.46. The van der Waals surface area contributed by atoms with E-state index < -0.39 is 0 Å². The highest BCUT2D eigenvalue weighted by atomic mass is 32.1. The number of carbonyl (C=O) groups is 2. The molecule has 0 aliphatic heterocycles. The molecule has 2 aromatic carbocycles. The van der Waals surface area contributed by atoms with Crippen LogP contribution in [0.2, 0.25) is 0 Å². The van der Waals surface area contributed by atoms with Crippen LogP contribution in [-0.4, -0.2) is 21.4 Å². The van der Waals surface area contributed by atoms with Gasteiger partial charge in [-0.05, 0) is 29.8 Å². The molecule has 2 N–H and O–H groups in total. The van der Waals surface area contributed by atoms with E-state index in [1.807, 2.05) is 60.3 Å². The van der Waals surface area contributed by atoms with Crippen LogP contribution in [0.4, 0.5) is 10.8 Å². The molecule has 4 rings (SSSR count). The zero-order valence-electron chi connectivity index (χ0n) is 15.4. The van der Waals surface area contributed by atoms with Crippen LogP contribution in [0.5, 0.6) is 0 Å². The molecule has 0 radical (unpaired) electrons. The topological polar surface area (TPSA) is 76.0 Å². The number of aryl methyl sites for hydroxylation is 1. The third-order valence-corrected chi connectivity index (χ3v) is 5.23. The molecule has 7 heteroatoms. The van der Waals surface area contributed by atoms with Crippen molar-refractivity contribution in [3.8, 4) is 11.3 Å². The summed E-state index contributed by atoms with van der Waals surface area (Å²) in [5, 5.41) is 6.17. The minimum absolute atomic E-state index is 0.130. The molecule has 0 aliphatic carbocycles. The van der Waals surface area contributed by atoms with Gasteiger partial charge in [-0.1, -0.05) is 41.7 Å². The normalized spacial score (nSPS) is 10.8. The molecule has 0 fully saturated rings. The predicted molar refractivity (Wildman–Crippen MR) is 113 cm³/mol. The highest BCUT2D eigenvalue weighted by molar-refractivity contribution is 7.22. The number of hydrogen-bond acceptors (Lipinski definition) is 4. The molecule has 28 heavy (non-hydrogen) atoms. The number of benzene rings is 2. The van der Waals surface area contributed by atoms with Gasteiger partial charge in [-0.3, -0.25) is 14.9 Å². The Morgan fingerprint density at radius 2 is 1.82 bits per heavy atom. The number of aromatic nitrogens is 2. The molecule has 0 unspecified atom stereocenters. The van der Waals surface area contributed by atoms with Gasteiger partial charge in [0, 0.05) is 25.9 Å². The fourth-order valence-corrected chi connectivity index (χ4v) is 3.99. The minimum Gasteiger partial charge on any atom is -0.350 e. The molecule has 6 nitrogen and oxygen atoms in total. The van der Waals surface area contributed by atoms with Crippen molar-refractivity contribution in [2.24, 2.45) is 7.05 Å². The minimum atomic E-state index is -0.208. The lowest BCUT2D eigenvalue weighted by molar-refractivity contribution is -0.114. The van der Waals surface area contributed by atoms with E-state index in [1.54, 1.807) is 12.1 Å². The molecule has 0 bridgehead atoms. The molecule has 2 aromatic heterocycles. The van der Waals surface area contributed by atoms with Crippen LogP contribution in [0.3, 0.4) is 0 Å². The van der Waals surface area contributed by atoms with E-state index in [4.69, 9.17) is 0 Å². The molecule has 0 atom stereocenters. The Morgan fingerprint density at radius 1 is 1.04 bits per heavy atom. The Morgan fingerprint density at radius 3 is 2.57 bits per heavy atom. The molecule has 0 aliphatic rings. The van der Waals surface area contributed by atoms with Crippen molar-refractivity contribution >= 4 is 44.2 Å². The second-order valence-electron chi connectivity index (χ2n) is 6.39. The predicted octanol–water partition coefficient (Wildman–Crippen LogP) is 4.51. The van der Waals surface area contributed by atoms with Crippen LogP contribution in [0, 0.1) is 0 Å². The summed E-state index contributed by atoms with van der Waals surface area (Å²) in [6, 6.07) is 17.1. The Balaban J connectivity index is 1.62. The van der Waals surface area contributed by atoms with Crippen LogP contribution in [0.25, 0.3) is 21.5 Å². The van der Waals surface area contributed by atoms with Gasteiger partial charge in [0.1, 0.15) is 0 Å². The average molecular weight is 390 g/mol. The van der Waals surface area contributed by atoms with Gasteiger partial charge < -0.3 is 9.88 Å². The van der Waals surface area contributed by atoms with Crippen molar-refractivity contribution in [1.29, 1.82) is 0 Å². The number of carbonyl (C=O) groups excluding carboxylic acids is 2. The van der Waals surface area contributed by atoms with E-state index in [0.717, 1.165) is 21.5 Å². The fraction of sp³-hybridized carbons (Fsp3) is 0.0952. The standard InChI is InChI=1S/C21H18N4O2S/c1-13(26)22-15-8-9-17-18(12-15)28-21(23-17)24-20(27)16-10-11-25(2)19(16)14-6-4-3-5-7-14/h3-12H,1-2H3,(H,22,26)(H,23,24,27). The Bertz CT molecular complexity index is 1180. The average Bonchev–Trinajstić information content (AvgIpc) is 3.24. The van der Waals surface area contributed by atoms with Gasteiger partial charge in [0.25, 0.3) is 5.91 Å². The number of anilines is 2. The van der Waals surface area contributed by atoms with Crippen LogP contribution >= 0.6 is 11.3 Å². The first-order chi connectivity index (χ1) is 13.5. The van der Waals surface area contributed by atoms with Crippen molar-refractivity contribution in [2.45, 2.75) is 6.92 Å². The Kier molecular flexibility index (Phi) is 4.67. The number of nitrogens with one attached hydrogen (secondary N) is 2. The van der Waals surface area contributed by atoms with E-state index in [2.05, 4.69) is 15.6 Å². The quantitative estimate of drug-likeness (QED) is 0.538. The maximum Gasteiger partial charge on any atom is 0.259 e. The molecular weight excluding hydrogens is 372 g/mol. The van der Waals surface area contributed by atoms with Crippen LogP contribution < -0.4 is 10.6 Å². The zero-order valence-corrected chi connectivity index (χ0v) is 16.2. The first kappa shape index (κ1) is 17.9.